The zero-order chi connectivity index (χ0) is 12.4. The molecule has 96 valence electrons. The van der Waals surface area contributed by atoms with Gasteiger partial charge in [0.25, 0.3) is 0 Å². The number of carbonyl (C=O) groups excluding carboxylic acids is 1. The molecule has 5 heteroatoms. The van der Waals surface area contributed by atoms with Crippen molar-refractivity contribution in [2.75, 3.05) is 37.7 Å². The van der Waals surface area contributed by atoms with Gasteiger partial charge in [-0.2, -0.15) is 0 Å². The maximum atomic E-state index is 11.8. The van der Waals surface area contributed by atoms with Gasteiger partial charge >= 0.3 is 0 Å². The summed E-state index contributed by atoms with van der Waals surface area (Å²) in [6, 6.07) is 5.69. The number of piperazine rings is 1. The van der Waals surface area contributed by atoms with E-state index in [1.54, 1.807) is 4.90 Å². The van der Waals surface area contributed by atoms with Gasteiger partial charge in [0, 0.05) is 31.3 Å². The highest BCUT2D eigenvalue weighted by Gasteiger charge is 2.21. The average molecular weight is 248 g/mol. The average Bonchev–Trinajstić information content (AvgIpc) is 2.63. The van der Waals surface area contributed by atoms with E-state index >= 15 is 0 Å². The summed E-state index contributed by atoms with van der Waals surface area (Å²) in [6.07, 6.45) is 0.885. The van der Waals surface area contributed by atoms with Crippen molar-refractivity contribution >= 4 is 11.6 Å². The van der Waals surface area contributed by atoms with Crippen molar-refractivity contribution in [3.05, 3.63) is 18.2 Å². The molecule has 5 nitrogen and oxygen atoms in total. The van der Waals surface area contributed by atoms with E-state index in [4.69, 9.17) is 9.47 Å². The van der Waals surface area contributed by atoms with Crippen LogP contribution in [-0.2, 0) is 4.79 Å². The van der Waals surface area contributed by atoms with Gasteiger partial charge in [-0.3, -0.25) is 4.79 Å². The second-order valence-corrected chi connectivity index (χ2v) is 4.40. The molecule has 0 bridgehead atoms. The molecule has 2 heterocycles. The Morgan fingerprint density at radius 1 is 1.17 bits per heavy atom. The lowest BCUT2D eigenvalue weighted by atomic mass is 10.2. The van der Waals surface area contributed by atoms with Crippen LogP contribution in [-0.4, -0.2) is 38.8 Å². The Balaban J connectivity index is 1.88. The molecule has 1 saturated heterocycles. The van der Waals surface area contributed by atoms with Gasteiger partial charge in [0.2, 0.25) is 5.91 Å². The number of amides is 1. The second-order valence-electron chi connectivity index (χ2n) is 4.40. The number of hydrogen-bond donors (Lipinski definition) is 1. The maximum absolute atomic E-state index is 11.8. The van der Waals surface area contributed by atoms with Crippen LogP contribution in [0.25, 0.3) is 0 Å². The monoisotopic (exact) mass is 248 g/mol. The third-order valence-corrected chi connectivity index (χ3v) is 3.13. The number of nitrogens with one attached hydrogen (secondary N) is 1. The molecule has 2 aliphatic rings. The molecule has 0 aromatic heterocycles. The number of benzene rings is 1. The Morgan fingerprint density at radius 3 is 2.83 bits per heavy atom. The second kappa shape index (κ2) is 4.86. The van der Waals surface area contributed by atoms with E-state index < -0.39 is 0 Å². The van der Waals surface area contributed by atoms with E-state index in [1.807, 2.05) is 18.2 Å². The molecule has 1 aromatic rings. The van der Waals surface area contributed by atoms with Crippen LogP contribution in [0.5, 0.6) is 11.5 Å². The van der Waals surface area contributed by atoms with Crippen LogP contribution >= 0.6 is 0 Å². The van der Waals surface area contributed by atoms with Crippen LogP contribution in [0.1, 0.15) is 6.42 Å². The summed E-state index contributed by atoms with van der Waals surface area (Å²) < 4.78 is 11.2. The number of fused-ring (bicyclic) bond motifs is 1. The number of hydrogen-bond acceptors (Lipinski definition) is 4. The lowest BCUT2D eigenvalue weighted by Crippen LogP contribution is -2.48. The Hall–Kier alpha value is -1.75. The normalized spacial score (nSPS) is 19.6. The fourth-order valence-electron chi connectivity index (χ4n) is 2.20. The lowest BCUT2D eigenvalue weighted by Gasteiger charge is -2.27. The van der Waals surface area contributed by atoms with Gasteiger partial charge in [-0.25, -0.2) is 0 Å². The van der Waals surface area contributed by atoms with E-state index in [0.29, 0.717) is 26.3 Å². The predicted molar refractivity (Wildman–Crippen MR) is 67.3 cm³/mol. The Bertz CT molecular complexity index is 462. The summed E-state index contributed by atoms with van der Waals surface area (Å²) in [5, 5.41) is 3.06. The molecule has 0 saturated carbocycles. The van der Waals surface area contributed by atoms with E-state index in [0.717, 1.165) is 30.2 Å². The van der Waals surface area contributed by atoms with Crippen LogP contribution in [0.2, 0.25) is 0 Å². The molecule has 1 aromatic carbocycles. The topological polar surface area (TPSA) is 50.8 Å². The highest BCUT2D eigenvalue weighted by atomic mass is 16.5. The summed E-state index contributed by atoms with van der Waals surface area (Å²) in [6.45, 7) is 3.25. The Kier molecular flexibility index (Phi) is 3.06. The van der Waals surface area contributed by atoms with Gasteiger partial charge in [0.05, 0.1) is 19.8 Å². The van der Waals surface area contributed by atoms with Gasteiger partial charge in [0.15, 0.2) is 11.5 Å². The van der Waals surface area contributed by atoms with Crippen molar-refractivity contribution < 1.29 is 14.3 Å². The van der Waals surface area contributed by atoms with Crippen molar-refractivity contribution in [1.82, 2.24) is 5.32 Å². The van der Waals surface area contributed by atoms with E-state index in [2.05, 4.69) is 5.32 Å². The van der Waals surface area contributed by atoms with Gasteiger partial charge in [0.1, 0.15) is 0 Å². The third-order valence-electron chi connectivity index (χ3n) is 3.13. The molecule has 3 rings (SSSR count). The highest BCUT2D eigenvalue weighted by molar-refractivity contribution is 5.95. The van der Waals surface area contributed by atoms with Gasteiger partial charge in [-0.15, -0.1) is 0 Å². The SMILES string of the molecule is O=C1CNCCN1c1ccc2c(c1)OCCCO2. The van der Waals surface area contributed by atoms with Crippen molar-refractivity contribution in [1.29, 1.82) is 0 Å². The fraction of sp³-hybridized carbons (Fsp3) is 0.462. The smallest absolute Gasteiger partial charge is 0.240 e. The molecule has 1 fully saturated rings. The Labute approximate surface area is 106 Å². The number of rotatable bonds is 1. The minimum atomic E-state index is 0.0933. The van der Waals surface area contributed by atoms with Crippen LogP contribution in [0.4, 0.5) is 5.69 Å². The highest BCUT2D eigenvalue weighted by Crippen LogP contribution is 2.33. The summed E-state index contributed by atoms with van der Waals surface area (Å²) in [4.78, 5) is 13.6. The van der Waals surface area contributed by atoms with E-state index in [9.17, 15) is 4.79 Å². The van der Waals surface area contributed by atoms with Crippen molar-refractivity contribution in [3.63, 3.8) is 0 Å². The maximum Gasteiger partial charge on any atom is 0.240 e. The zero-order valence-electron chi connectivity index (χ0n) is 10.1. The molecule has 0 spiro atoms. The first-order valence-corrected chi connectivity index (χ1v) is 6.25. The molecule has 1 N–H and O–H groups in total. The quantitative estimate of drug-likeness (QED) is 0.798. The van der Waals surface area contributed by atoms with Crippen LogP contribution < -0.4 is 19.7 Å². The molecular formula is C13H16N2O3. The largest absolute Gasteiger partial charge is 0.490 e. The van der Waals surface area contributed by atoms with E-state index in [1.165, 1.54) is 0 Å². The minimum absolute atomic E-state index is 0.0933. The van der Waals surface area contributed by atoms with Gasteiger partial charge in [-0.05, 0) is 12.1 Å². The lowest BCUT2D eigenvalue weighted by molar-refractivity contribution is -0.118. The summed E-state index contributed by atoms with van der Waals surface area (Å²) in [7, 11) is 0. The first-order valence-electron chi connectivity index (χ1n) is 6.25. The van der Waals surface area contributed by atoms with Gasteiger partial charge in [-0.1, -0.05) is 0 Å². The summed E-state index contributed by atoms with van der Waals surface area (Å²) >= 11 is 0. The number of nitrogens with zero attached hydrogens (tertiary/aromatic N) is 1. The first-order chi connectivity index (χ1) is 8.84. The molecule has 1 amide bonds. The molecule has 2 aliphatic heterocycles. The van der Waals surface area contributed by atoms with Crippen molar-refractivity contribution in [2.45, 2.75) is 6.42 Å². The summed E-state index contributed by atoms with van der Waals surface area (Å²) in [5.41, 5.74) is 0.880. The summed E-state index contributed by atoms with van der Waals surface area (Å²) in [5.74, 6) is 1.59. The molecule has 0 radical (unpaired) electrons. The molecule has 0 aliphatic carbocycles. The molecule has 0 atom stereocenters. The van der Waals surface area contributed by atoms with Crippen molar-refractivity contribution in [3.8, 4) is 11.5 Å². The number of carbonyl (C=O) groups is 1. The molecule has 18 heavy (non-hydrogen) atoms. The van der Waals surface area contributed by atoms with Crippen LogP contribution in [0.3, 0.4) is 0 Å². The fourth-order valence-corrected chi connectivity index (χ4v) is 2.20. The van der Waals surface area contributed by atoms with Crippen LogP contribution in [0, 0.1) is 0 Å². The standard InChI is InChI=1S/C13H16N2O3/c16-13-9-14-4-5-15(13)10-2-3-11-12(8-10)18-7-1-6-17-11/h2-3,8,14H,1,4-7,9H2. The predicted octanol–water partition coefficient (Wildman–Crippen LogP) is 0.784. The molecular weight excluding hydrogens is 232 g/mol. The van der Waals surface area contributed by atoms with Gasteiger partial charge < -0.3 is 19.7 Å². The Morgan fingerprint density at radius 2 is 2.00 bits per heavy atom. The first kappa shape index (κ1) is 11.3. The third kappa shape index (κ3) is 2.13. The number of ether oxygens (including phenoxy) is 2. The molecule has 0 unspecified atom stereocenters. The van der Waals surface area contributed by atoms with Crippen molar-refractivity contribution in [2.24, 2.45) is 0 Å². The van der Waals surface area contributed by atoms with E-state index in [-0.39, 0.29) is 5.91 Å². The van der Waals surface area contributed by atoms with Crippen LogP contribution in [0.15, 0.2) is 18.2 Å². The zero-order valence-corrected chi connectivity index (χ0v) is 10.1. The minimum Gasteiger partial charge on any atom is -0.490 e. The number of anilines is 1.